The smallest absolute Gasteiger partial charge is 0.166 e. The van der Waals surface area contributed by atoms with Gasteiger partial charge in [0.2, 0.25) is 0 Å². The number of rotatable bonds is 1. The largest absolute Gasteiger partial charge is 0.482 e. The van der Waals surface area contributed by atoms with Crippen molar-refractivity contribution < 1.29 is 9.13 Å². The summed E-state index contributed by atoms with van der Waals surface area (Å²) in [5, 5.41) is 9.84. The van der Waals surface area contributed by atoms with Gasteiger partial charge in [0.25, 0.3) is 0 Å². The second-order valence-electron chi connectivity index (χ2n) is 9.16. The Hall–Kier alpha value is -3.68. The minimum absolute atomic E-state index is 0.106. The van der Waals surface area contributed by atoms with E-state index >= 15 is 0 Å². The summed E-state index contributed by atoms with van der Waals surface area (Å²) in [7, 11) is 0. The highest BCUT2D eigenvalue weighted by Gasteiger charge is 2.34. The van der Waals surface area contributed by atoms with Crippen molar-refractivity contribution in [1.29, 1.82) is 0 Å². The molecule has 2 atom stereocenters. The van der Waals surface area contributed by atoms with E-state index in [1.54, 1.807) is 12.3 Å². The maximum Gasteiger partial charge on any atom is 0.166 e. The summed E-state index contributed by atoms with van der Waals surface area (Å²) in [6.07, 6.45) is 4.29. The molecule has 1 unspecified atom stereocenters. The molecule has 2 aliphatic rings. The molecule has 6 rings (SSSR count). The number of hydrogen-bond acceptors (Lipinski definition) is 5. The topological polar surface area (TPSA) is 83.8 Å². The molecule has 1 aliphatic heterocycles. The number of aryl methyl sites for hydroxylation is 3. The molecule has 0 saturated heterocycles. The molecule has 1 aliphatic carbocycles. The Labute approximate surface area is 197 Å². The Bertz CT molecular complexity index is 1420. The zero-order chi connectivity index (χ0) is 23.6. The number of hydrogen-bond donors (Lipinski definition) is 1. The van der Waals surface area contributed by atoms with E-state index in [0.29, 0.717) is 17.1 Å². The Morgan fingerprint density at radius 3 is 2.88 bits per heavy atom. The highest BCUT2D eigenvalue weighted by molar-refractivity contribution is 5.70. The molecule has 34 heavy (non-hydrogen) atoms. The number of nitrogens with two attached hydrogens (primary N) is 1. The lowest BCUT2D eigenvalue weighted by molar-refractivity contribution is 0.226. The fourth-order valence-electron chi connectivity index (χ4n) is 5.46. The lowest BCUT2D eigenvalue weighted by atomic mass is 9.81. The summed E-state index contributed by atoms with van der Waals surface area (Å²) in [5.74, 6) is 0.560. The van der Waals surface area contributed by atoms with Gasteiger partial charge in [-0.1, -0.05) is 0 Å². The maximum atomic E-state index is 14.4. The predicted octanol–water partition coefficient (Wildman–Crippen LogP) is 5.10. The van der Waals surface area contributed by atoms with E-state index in [1.807, 2.05) is 24.6 Å². The lowest BCUT2D eigenvalue weighted by Gasteiger charge is -2.27. The first-order valence-corrected chi connectivity index (χ1v) is 11.8. The number of nitrogen functional groups attached to an aromatic ring is 1. The molecule has 4 heterocycles. The van der Waals surface area contributed by atoms with Gasteiger partial charge in [0, 0.05) is 35.3 Å². The third-order valence-electron chi connectivity index (χ3n) is 6.95. The molecule has 0 radical (unpaired) electrons. The normalized spacial score (nSPS) is 18.7. The zero-order valence-corrected chi connectivity index (χ0v) is 19.5. The van der Waals surface area contributed by atoms with Gasteiger partial charge in [0.05, 0.1) is 28.5 Å². The average Bonchev–Trinajstić information content (AvgIpc) is 3.40. The van der Waals surface area contributed by atoms with E-state index in [9.17, 15) is 4.39 Å². The molecule has 1 aromatic carbocycles. The van der Waals surface area contributed by atoms with Crippen molar-refractivity contribution in [2.45, 2.75) is 58.6 Å². The number of halogens is 1. The standard InChI is InChI=1S/C26H27FN6O/c1-4-32-25-16-11-23(26(28)29-13-16)34-15(3)19-12-17(27)8-9-21(19)33-22(10-14(2)30-33)18-6-5-7-20(31-32)24(18)25/h8-13,15,18H,4-7H2,1-3H3,(H2,28,29)/t15-,18?/m1/s1. The van der Waals surface area contributed by atoms with Crippen LogP contribution in [-0.2, 0) is 13.0 Å². The number of aromatic nitrogens is 5. The van der Waals surface area contributed by atoms with Crippen LogP contribution in [-0.4, -0.2) is 24.5 Å². The minimum atomic E-state index is -0.473. The Morgan fingerprint density at radius 1 is 1.21 bits per heavy atom. The molecule has 0 spiro atoms. The van der Waals surface area contributed by atoms with Crippen LogP contribution in [0.4, 0.5) is 10.2 Å². The van der Waals surface area contributed by atoms with Crippen molar-refractivity contribution in [2.24, 2.45) is 0 Å². The molecule has 3 aromatic heterocycles. The van der Waals surface area contributed by atoms with Crippen molar-refractivity contribution in [2.75, 3.05) is 5.73 Å². The molecular weight excluding hydrogens is 431 g/mol. The first-order valence-electron chi connectivity index (χ1n) is 11.8. The number of fused-ring (bicyclic) bond motifs is 7. The van der Waals surface area contributed by atoms with Crippen LogP contribution in [0.3, 0.4) is 0 Å². The minimum Gasteiger partial charge on any atom is -0.482 e. The molecule has 7 nitrogen and oxygen atoms in total. The number of pyridine rings is 1. The Kier molecular flexibility index (Phi) is 4.72. The first-order chi connectivity index (χ1) is 16.4. The van der Waals surface area contributed by atoms with Crippen LogP contribution in [0, 0.1) is 12.7 Å². The quantitative estimate of drug-likeness (QED) is 0.429. The van der Waals surface area contributed by atoms with Gasteiger partial charge in [0.15, 0.2) is 11.6 Å². The van der Waals surface area contributed by atoms with Gasteiger partial charge in [0.1, 0.15) is 11.9 Å². The van der Waals surface area contributed by atoms with Crippen LogP contribution < -0.4 is 10.5 Å². The van der Waals surface area contributed by atoms with E-state index in [2.05, 4.69) is 22.7 Å². The summed E-state index contributed by atoms with van der Waals surface area (Å²) >= 11 is 0. The number of anilines is 1. The summed E-state index contributed by atoms with van der Waals surface area (Å²) in [6.45, 7) is 6.73. The Balaban J connectivity index is 1.72. The van der Waals surface area contributed by atoms with Gasteiger partial charge in [-0.15, -0.1) is 0 Å². The van der Waals surface area contributed by atoms with Crippen molar-refractivity contribution in [3.8, 4) is 22.7 Å². The molecular formula is C26H27FN6O. The van der Waals surface area contributed by atoms with Crippen LogP contribution >= 0.6 is 0 Å². The fourth-order valence-corrected chi connectivity index (χ4v) is 5.46. The van der Waals surface area contributed by atoms with E-state index in [-0.39, 0.29) is 11.7 Å². The highest BCUT2D eigenvalue weighted by atomic mass is 19.1. The third-order valence-corrected chi connectivity index (χ3v) is 6.95. The van der Waals surface area contributed by atoms with Gasteiger partial charge in [-0.3, -0.25) is 4.68 Å². The predicted molar refractivity (Wildman–Crippen MR) is 128 cm³/mol. The number of ether oxygens (including phenoxy) is 1. The molecule has 2 N–H and O–H groups in total. The average molecular weight is 459 g/mol. The number of nitrogens with zero attached hydrogens (tertiary/aromatic N) is 5. The molecule has 0 fully saturated rings. The zero-order valence-electron chi connectivity index (χ0n) is 19.5. The van der Waals surface area contributed by atoms with Gasteiger partial charge in [-0.25, -0.2) is 14.1 Å². The third kappa shape index (κ3) is 3.12. The lowest BCUT2D eigenvalue weighted by Crippen LogP contribution is -2.18. The van der Waals surface area contributed by atoms with Gasteiger partial charge in [-0.2, -0.15) is 10.2 Å². The van der Waals surface area contributed by atoms with Crippen LogP contribution in [0.15, 0.2) is 36.5 Å². The fraction of sp³-hybridized carbons (Fsp3) is 0.346. The van der Waals surface area contributed by atoms with Crippen LogP contribution in [0.25, 0.3) is 16.9 Å². The SMILES string of the molecule is CCn1nc2c3c1-c1cnc(N)c(c1)O[C@H](C)c1cc(F)ccc1-n1nc(C)cc1C3CCC2. The molecule has 174 valence electrons. The van der Waals surface area contributed by atoms with Crippen LogP contribution in [0.2, 0.25) is 0 Å². The summed E-state index contributed by atoms with van der Waals surface area (Å²) in [5.41, 5.74) is 14.0. The molecule has 4 aromatic rings. The number of benzene rings is 1. The molecule has 0 saturated carbocycles. The van der Waals surface area contributed by atoms with Crippen LogP contribution in [0.5, 0.6) is 5.75 Å². The second kappa shape index (κ2) is 7.68. The van der Waals surface area contributed by atoms with Gasteiger partial charge < -0.3 is 10.5 Å². The molecule has 8 heteroatoms. The van der Waals surface area contributed by atoms with Gasteiger partial charge >= 0.3 is 0 Å². The maximum absolute atomic E-state index is 14.4. The first kappa shape index (κ1) is 20.9. The van der Waals surface area contributed by atoms with E-state index < -0.39 is 6.10 Å². The van der Waals surface area contributed by atoms with Gasteiger partial charge in [-0.05, 0) is 70.4 Å². The van der Waals surface area contributed by atoms with E-state index in [1.165, 1.54) is 17.7 Å². The van der Waals surface area contributed by atoms with Crippen molar-refractivity contribution >= 4 is 5.82 Å². The summed E-state index contributed by atoms with van der Waals surface area (Å²) in [6, 6.07) is 8.86. The molecule has 2 bridgehead atoms. The second-order valence-corrected chi connectivity index (χ2v) is 9.16. The summed E-state index contributed by atoms with van der Waals surface area (Å²) in [4.78, 5) is 4.46. The summed E-state index contributed by atoms with van der Waals surface area (Å²) < 4.78 is 24.7. The van der Waals surface area contributed by atoms with Crippen LogP contribution in [0.1, 0.15) is 66.9 Å². The monoisotopic (exact) mass is 458 g/mol. The molecule has 0 amide bonds. The van der Waals surface area contributed by atoms with E-state index in [4.69, 9.17) is 20.7 Å². The van der Waals surface area contributed by atoms with E-state index in [0.717, 1.165) is 59.8 Å². The Morgan fingerprint density at radius 2 is 2.06 bits per heavy atom. The van der Waals surface area contributed by atoms with Crippen molar-refractivity contribution in [3.63, 3.8) is 0 Å². The van der Waals surface area contributed by atoms with Crippen molar-refractivity contribution in [1.82, 2.24) is 24.5 Å². The highest BCUT2D eigenvalue weighted by Crippen LogP contribution is 2.45. The van der Waals surface area contributed by atoms with Crippen molar-refractivity contribution in [3.05, 3.63) is 70.6 Å².